The minimum atomic E-state index is 0.106. The molecule has 1 unspecified atom stereocenters. The molecule has 6 heteroatoms. The fraction of sp³-hybridized carbons (Fsp3) is 0.423. The third-order valence-corrected chi connectivity index (χ3v) is 6.82. The zero-order chi connectivity index (χ0) is 21.8. The van der Waals surface area contributed by atoms with E-state index < -0.39 is 0 Å². The van der Waals surface area contributed by atoms with Crippen LogP contribution in [0.15, 0.2) is 54.9 Å². The molecule has 4 heterocycles. The first-order valence-electron chi connectivity index (χ1n) is 11.8. The van der Waals surface area contributed by atoms with E-state index in [9.17, 15) is 4.79 Å². The van der Waals surface area contributed by atoms with Gasteiger partial charge in [-0.15, -0.1) is 0 Å². The molecule has 0 aliphatic carbocycles. The lowest BCUT2D eigenvalue weighted by Gasteiger charge is -2.31. The number of piperidine rings is 1. The van der Waals surface area contributed by atoms with E-state index >= 15 is 0 Å². The van der Waals surface area contributed by atoms with E-state index in [2.05, 4.69) is 50.8 Å². The predicted octanol–water partition coefficient (Wildman–Crippen LogP) is 3.57. The van der Waals surface area contributed by atoms with Crippen molar-refractivity contribution in [1.29, 1.82) is 0 Å². The van der Waals surface area contributed by atoms with Crippen LogP contribution in [0.5, 0.6) is 0 Å². The Hall–Kier alpha value is -2.99. The Morgan fingerprint density at radius 2 is 1.88 bits per heavy atom. The number of hydrogen-bond acceptors (Lipinski definition) is 4. The minimum Gasteiger partial charge on any atom is -0.339 e. The lowest BCUT2D eigenvalue weighted by molar-refractivity contribution is 0.0711. The number of aromatic amines is 1. The van der Waals surface area contributed by atoms with Gasteiger partial charge in [0.25, 0.3) is 5.91 Å². The molecule has 1 atom stereocenters. The highest BCUT2D eigenvalue weighted by Gasteiger charge is 2.26. The van der Waals surface area contributed by atoms with Crippen molar-refractivity contribution in [2.24, 2.45) is 5.92 Å². The molecule has 0 radical (unpaired) electrons. The Morgan fingerprint density at radius 1 is 1.03 bits per heavy atom. The largest absolute Gasteiger partial charge is 0.339 e. The Labute approximate surface area is 189 Å². The van der Waals surface area contributed by atoms with Crippen LogP contribution in [-0.4, -0.2) is 52.2 Å². The molecule has 1 aromatic carbocycles. The van der Waals surface area contributed by atoms with Gasteiger partial charge in [-0.3, -0.25) is 14.9 Å². The number of H-pyrrole nitrogens is 1. The maximum atomic E-state index is 13.1. The van der Waals surface area contributed by atoms with Gasteiger partial charge in [0, 0.05) is 43.5 Å². The van der Waals surface area contributed by atoms with Crippen molar-refractivity contribution in [2.45, 2.75) is 38.0 Å². The summed E-state index contributed by atoms with van der Waals surface area (Å²) in [6.07, 6.45) is 8.58. The maximum Gasteiger partial charge on any atom is 0.255 e. The van der Waals surface area contributed by atoms with Gasteiger partial charge in [0.2, 0.25) is 0 Å². The first kappa shape index (κ1) is 20.9. The summed E-state index contributed by atoms with van der Waals surface area (Å²) in [5, 5.41) is 11.2. The molecular weight excluding hydrogens is 398 g/mol. The molecular formula is C26H31N5O. The number of carbonyl (C=O) groups excluding carboxylic acids is 1. The van der Waals surface area contributed by atoms with Crippen molar-refractivity contribution in [2.75, 3.05) is 26.2 Å². The first-order valence-corrected chi connectivity index (χ1v) is 11.8. The molecule has 0 bridgehead atoms. The Morgan fingerprint density at radius 3 is 2.66 bits per heavy atom. The van der Waals surface area contributed by atoms with Crippen LogP contribution in [-0.2, 0) is 12.8 Å². The second-order valence-electron chi connectivity index (χ2n) is 9.19. The number of amides is 1. The minimum absolute atomic E-state index is 0.106. The van der Waals surface area contributed by atoms with E-state index in [0.717, 1.165) is 68.8 Å². The van der Waals surface area contributed by atoms with Crippen molar-refractivity contribution in [3.05, 3.63) is 82.9 Å². The van der Waals surface area contributed by atoms with Crippen molar-refractivity contribution in [3.63, 3.8) is 0 Å². The van der Waals surface area contributed by atoms with Gasteiger partial charge < -0.3 is 10.2 Å². The van der Waals surface area contributed by atoms with Crippen LogP contribution >= 0.6 is 0 Å². The Kier molecular flexibility index (Phi) is 6.30. The summed E-state index contributed by atoms with van der Waals surface area (Å²) in [6, 6.07) is 14.7. The number of rotatable bonds is 6. The number of nitrogens with zero attached hydrogens (tertiary/aromatic N) is 3. The molecule has 2 saturated heterocycles. The number of nitrogens with one attached hydrogen (secondary N) is 2. The molecule has 2 fully saturated rings. The Bertz CT molecular complexity index is 1030. The van der Waals surface area contributed by atoms with Gasteiger partial charge in [-0.25, -0.2) is 0 Å². The SMILES string of the molecule is O=C(c1cncc(CC2CCNC2)c1)N1CCC(c2cc(Cc3ccccc3)[nH]n2)CC1. The van der Waals surface area contributed by atoms with Crippen LogP contribution in [0.4, 0.5) is 0 Å². The van der Waals surface area contributed by atoms with Gasteiger partial charge in [-0.05, 0) is 68.0 Å². The number of likely N-dealkylation sites (tertiary alicyclic amines) is 1. The topological polar surface area (TPSA) is 73.9 Å². The molecule has 6 nitrogen and oxygen atoms in total. The fourth-order valence-electron chi connectivity index (χ4n) is 4.99. The van der Waals surface area contributed by atoms with Crippen molar-refractivity contribution >= 4 is 5.91 Å². The molecule has 32 heavy (non-hydrogen) atoms. The standard InChI is InChI=1S/C26H31N5O/c32-26(23-13-21(17-28-18-23)12-20-6-9-27-16-20)31-10-7-22(8-11-31)25-15-24(29-30-25)14-19-4-2-1-3-5-19/h1-5,13,15,17-18,20,22,27H,6-12,14,16H2,(H,29,30). The smallest absolute Gasteiger partial charge is 0.255 e. The number of pyridine rings is 1. The average Bonchev–Trinajstić information content (AvgIpc) is 3.52. The molecule has 5 rings (SSSR count). The third-order valence-electron chi connectivity index (χ3n) is 6.82. The lowest BCUT2D eigenvalue weighted by Crippen LogP contribution is -2.38. The van der Waals surface area contributed by atoms with Crippen LogP contribution in [0.25, 0.3) is 0 Å². The zero-order valence-corrected chi connectivity index (χ0v) is 18.5. The van der Waals surface area contributed by atoms with Gasteiger partial charge in [0.05, 0.1) is 11.3 Å². The highest BCUT2D eigenvalue weighted by Crippen LogP contribution is 2.28. The van der Waals surface area contributed by atoms with Gasteiger partial charge in [-0.2, -0.15) is 5.10 Å². The van der Waals surface area contributed by atoms with E-state index in [1.807, 2.05) is 23.2 Å². The second-order valence-corrected chi connectivity index (χ2v) is 9.19. The van der Waals surface area contributed by atoms with Crippen LogP contribution in [0.3, 0.4) is 0 Å². The lowest BCUT2D eigenvalue weighted by atomic mass is 9.92. The number of aromatic nitrogens is 3. The molecule has 3 aromatic rings. The van der Waals surface area contributed by atoms with Crippen LogP contribution in [0.1, 0.15) is 58.1 Å². The normalized spacial score (nSPS) is 19.4. The van der Waals surface area contributed by atoms with Crippen LogP contribution in [0, 0.1) is 5.92 Å². The molecule has 0 spiro atoms. The molecule has 166 valence electrons. The monoisotopic (exact) mass is 429 g/mol. The van der Waals surface area contributed by atoms with Crippen molar-refractivity contribution in [3.8, 4) is 0 Å². The van der Waals surface area contributed by atoms with E-state index in [1.54, 1.807) is 6.20 Å². The van der Waals surface area contributed by atoms with Gasteiger partial charge in [0.1, 0.15) is 0 Å². The first-order chi connectivity index (χ1) is 15.7. The molecule has 2 aliphatic rings. The third kappa shape index (κ3) is 4.91. The van der Waals surface area contributed by atoms with Crippen LogP contribution < -0.4 is 5.32 Å². The maximum absolute atomic E-state index is 13.1. The van der Waals surface area contributed by atoms with Gasteiger partial charge >= 0.3 is 0 Å². The summed E-state index contributed by atoms with van der Waals surface area (Å²) in [6.45, 7) is 3.68. The fourth-order valence-corrected chi connectivity index (χ4v) is 4.99. The second kappa shape index (κ2) is 9.65. The Balaban J connectivity index is 1.16. The summed E-state index contributed by atoms with van der Waals surface area (Å²) < 4.78 is 0. The molecule has 2 N–H and O–H groups in total. The molecule has 0 saturated carbocycles. The van der Waals surface area contributed by atoms with E-state index in [4.69, 9.17) is 0 Å². The molecule has 2 aliphatic heterocycles. The van der Waals surface area contributed by atoms with Gasteiger partial charge in [-0.1, -0.05) is 30.3 Å². The molecule has 2 aromatic heterocycles. The summed E-state index contributed by atoms with van der Waals surface area (Å²) in [5.74, 6) is 1.16. The summed E-state index contributed by atoms with van der Waals surface area (Å²) in [5.41, 5.74) is 5.43. The summed E-state index contributed by atoms with van der Waals surface area (Å²) in [7, 11) is 0. The average molecular weight is 430 g/mol. The highest BCUT2D eigenvalue weighted by molar-refractivity contribution is 5.94. The number of benzene rings is 1. The van der Waals surface area contributed by atoms with E-state index in [0.29, 0.717) is 11.8 Å². The molecule has 1 amide bonds. The van der Waals surface area contributed by atoms with Crippen molar-refractivity contribution in [1.82, 2.24) is 25.4 Å². The van der Waals surface area contributed by atoms with E-state index in [-0.39, 0.29) is 5.91 Å². The summed E-state index contributed by atoms with van der Waals surface area (Å²) >= 11 is 0. The van der Waals surface area contributed by atoms with Gasteiger partial charge in [0.15, 0.2) is 0 Å². The zero-order valence-electron chi connectivity index (χ0n) is 18.5. The quantitative estimate of drug-likeness (QED) is 0.628. The summed E-state index contributed by atoms with van der Waals surface area (Å²) in [4.78, 5) is 19.4. The number of hydrogen-bond donors (Lipinski definition) is 2. The highest BCUT2D eigenvalue weighted by atomic mass is 16.2. The predicted molar refractivity (Wildman–Crippen MR) is 125 cm³/mol. The van der Waals surface area contributed by atoms with Crippen LogP contribution in [0.2, 0.25) is 0 Å². The number of carbonyl (C=O) groups is 1. The van der Waals surface area contributed by atoms with E-state index in [1.165, 1.54) is 17.5 Å². The van der Waals surface area contributed by atoms with Crippen molar-refractivity contribution < 1.29 is 4.79 Å².